The third kappa shape index (κ3) is 4.84. The van der Waals surface area contributed by atoms with E-state index in [0.717, 1.165) is 70.3 Å². The summed E-state index contributed by atoms with van der Waals surface area (Å²) in [6.45, 7) is 5.95. The molecule has 0 aliphatic carbocycles. The monoisotopic (exact) mass is 465 g/mol. The number of benzene rings is 1. The number of carbonyl (C=O) groups is 1. The number of hydrogen-bond acceptors (Lipinski definition) is 6. The molecule has 2 aliphatic heterocycles. The number of methoxy groups -OCH3 is 1. The lowest BCUT2D eigenvalue weighted by atomic mass is 10.1. The molecule has 0 radical (unpaired) electrons. The summed E-state index contributed by atoms with van der Waals surface area (Å²) >= 11 is 1.56. The number of nitrogens with zero attached hydrogens (tertiary/aromatic N) is 3. The summed E-state index contributed by atoms with van der Waals surface area (Å²) in [6, 6.07) is 12.2. The van der Waals surface area contributed by atoms with Gasteiger partial charge < -0.3 is 19.3 Å². The average Bonchev–Trinajstić information content (AvgIpc) is 3.60. The molecule has 2 fully saturated rings. The molecule has 0 saturated carbocycles. The predicted molar refractivity (Wildman–Crippen MR) is 133 cm³/mol. The molecule has 6 nitrogen and oxygen atoms in total. The molecule has 2 aromatic heterocycles. The first-order chi connectivity index (χ1) is 16.1. The van der Waals surface area contributed by atoms with Crippen molar-refractivity contribution in [2.45, 2.75) is 45.3 Å². The quantitative estimate of drug-likeness (QED) is 0.490. The van der Waals surface area contributed by atoms with Crippen LogP contribution in [0.25, 0.3) is 10.9 Å². The summed E-state index contributed by atoms with van der Waals surface area (Å²) < 4.78 is 11.3. The Labute approximate surface area is 199 Å². The first-order valence-electron chi connectivity index (χ1n) is 11.8. The Kier molecular flexibility index (Phi) is 6.51. The van der Waals surface area contributed by atoms with Crippen molar-refractivity contribution < 1.29 is 14.3 Å². The van der Waals surface area contributed by atoms with Crippen LogP contribution < -0.4 is 9.64 Å². The van der Waals surface area contributed by atoms with Crippen LogP contribution in [0, 0.1) is 6.92 Å². The van der Waals surface area contributed by atoms with Crippen LogP contribution in [0.15, 0.2) is 36.4 Å². The fraction of sp³-hybridized carbons (Fsp3) is 0.462. The van der Waals surface area contributed by atoms with Gasteiger partial charge in [0.05, 0.1) is 23.6 Å². The number of aromatic nitrogens is 1. The summed E-state index contributed by atoms with van der Waals surface area (Å²) in [5.41, 5.74) is 2.01. The van der Waals surface area contributed by atoms with Gasteiger partial charge in [-0.1, -0.05) is 0 Å². The zero-order valence-corrected chi connectivity index (χ0v) is 20.2. The number of carbonyl (C=O) groups excluding carboxylic acids is 1. The molecule has 3 aromatic rings. The Balaban J connectivity index is 1.52. The van der Waals surface area contributed by atoms with Crippen molar-refractivity contribution in [2.24, 2.45) is 0 Å². The van der Waals surface area contributed by atoms with Crippen molar-refractivity contribution in [2.75, 3.05) is 38.3 Å². The van der Waals surface area contributed by atoms with E-state index in [9.17, 15) is 4.79 Å². The SMILES string of the molecule is COc1ccc2cc(CN(C[C@@H]3CCCO3)C(=O)c3ccc(C)s3)c(N3CCCC3)nc2c1. The Morgan fingerprint density at radius 1 is 1.21 bits per heavy atom. The van der Waals surface area contributed by atoms with Crippen LogP contribution in [-0.2, 0) is 11.3 Å². The Hall–Kier alpha value is -2.64. The largest absolute Gasteiger partial charge is 0.497 e. The van der Waals surface area contributed by atoms with E-state index in [1.807, 2.05) is 42.2 Å². The normalized spacial score (nSPS) is 18.2. The van der Waals surface area contributed by atoms with E-state index < -0.39 is 0 Å². The van der Waals surface area contributed by atoms with Gasteiger partial charge in [0.25, 0.3) is 5.91 Å². The molecule has 0 unspecified atom stereocenters. The summed E-state index contributed by atoms with van der Waals surface area (Å²) in [5, 5.41) is 1.06. The molecular weight excluding hydrogens is 434 g/mol. The molecule has 2 saturated heterocycles. The minimum absolute atomic E-state index is 0.0748. The van der Waals surface area contributed by atoms with E-state index in [0.29, 0.717) is 13.1 Å². The number of rotatable bonds is 7. The van der Waals surface area contributed by atoms with Crippen LogP contribution in [0.3, 0.4) is 0 Å². The Bertz CT molecular complexity index is 1130. The number of fused-ring (bicyclic) bond motifs is 1. The van der Waals surface area contributed by atoms with E-state index >= 15 is 0 Å². The lowest BCUT2D eigenvalue weighted by Crippen LogP contribution is -2.37. The number of aryl methyl sites for hydroxylation is 1. The van der Waals surface area contributed by atoms with Crippen LogP contribution in [0.5, 0.6) is 5.75 Å². The van der Waals surface area contributed by atoms with Crippen molar-refractivity contribution in [3.8, 4) is 5.75 Å². The molecule has 1 aromatic carbocycles. The molecule has 4 heterocycles. The highest BCUT2D eigenvalue weighted by atomic mass is 32.1. The first-order valence-corrected chi connectivity index (χ1v) is 12.6. The van der Waals surface area contributed by atoms with Crippen LogP contribution >= 0.6 is 11.3 Å². The summed E-state index contributed by atoms with van der Waals surface area (Å²) in [4.78, 5) is 24.9. The highest BCUT2D eigenvalue weighted by Crippen LogP contribution is 2.30. The topological polar surface area (TPSA) is 54.9 Å². The van der Waals surface area contributed by atoms with Crippen LogP contribution in [0.4, 0.5) is 5.82 Å². The zero-order valence-electron chi connectivity index (χ0n) is 19.4. The maximum absolute atomic E-state index is 13.6. The maximum Gasteiger partial charge on any atom is 0.264 e. The number of hydrogen-bond donors (Lipinski definition) is 0. The second kappa shape index (κ2) is 9.69. The maximum atomic E-state index is 13.6. The second-order valence-electron chi connectivity index (χ2n) is 8.95. The molecule has 2 aliphatic rings. The second-order valence-corrected chi connectivity index (χ2v) is 10.2. The van der Waals surface area contributed by atoms with E-state index in [4.69, 9.17) is 14.5 Å². The summed E-state index contributed by atoms with van der Waals surface area (Å²) in [6.07, 6.45) is 4.50. The predicted octanol–water partition coefficient (Wildman–Crippen LogP) is 5.03. The zero-order chi connectivity index (χ0) is 22.8. The smallest absolute Gasteiger partial charge is 0.264 e. The fourth-order valence-corrected chi connectivity index (χ4v) is 5.63. The third-order valence-electron chi connectivity index (χ3n) is 6.53. The molecule has 0 spiro atoms. The van der Waals surface area contributed by atoms with Crippen molar-refractivity contribution in [1.82, 2.24) is 9.88 Å². The van der Waals surface area contributed by atoms with E-state index in [-0.39, 0.29) is 12.0 Å². The number of pyridine rings is 1. The van der Waals surface area contributed by atoms with Gasteiger partial charge in [0, 0.05) is 54.7 Å². The fourth-order valence-electron chi connectivity index (χ4n) is 4.79. The number of amides is 1. The molecule has 0 N–H and O–H groups in total. The van der Waals surface area contributed by atoms with Crippen LogP contribution in [0.2, 0.25) is 0 Å². The van der Waals surface area contributed by atoms with Gasteiger partial charge in [-0.05, 0) is 62.9 Å². The van der Waals surface area contributed by atoms with Gasteiger partial charge in [-0.3, -0.25) is 4.79 Å². The van der Waals surface area contributed by atoms with E-state index in [1.54, 1.807) is 18.4 Å². The van der Waals surface area contributed by atoms with Crippen molar-refractivity contribution in [3.63, 3.8) is 0 Å². The van der Waals surface area contributed by atoms with Gasteiger partial charge in [-0.15, -0.1) is 11.3 Å². The molecule has 5 rings (SSSR count). The minimum Gasteiger partial charge on any atom is -0.497 e. The molecule has 0 bridgehead atoms. The molecule has 1 amide bonds. The number of anilines is 1. The first kappa shape index (κ1) is 22.2. The van der Waals surface area contributed by atoms with Gasteiger partial charge >= 0.3 is 0 Å². The molecule has 1 atom stereocenters. The average molecular weight is 466 g/mol. The standard InChI is InChI=1S/C26H31N3O3S/c1-18-7-10-24(33-18)26(30)29(17-22-6-5-13-32-22)16-20-14-19-8-9-21(31-2)15-23(19)27-25(20)28-11-3-4-12-28/h7-10,14-15,22H,3-6,11-13,16-17H2,1-2H3/t22-/m0/s1. The van der Waals surface area contributed by atoms with Crippen LogP contribution in [0.1, 0.15) is 45.8 Å². The van der Waals surface area contributed by atoms with E-state index in [2.05, 4.69) is 11.0 Å². The Morgan fingerprint density at radius 3 is 2.76 bits per heavy atom. The minimum atomic E-state index is 0.0748. The van der Waals surface area contributed by atoms with Gasteiger partial charge in [0.1, 0.15) is 11.6 Å². The third-order valence-corrected chi connectivity index (χ3v) is 7.52. The van der Waals surface area contributed by atoms with Gasteiger partial charge in [-0.2, -0.15) is 0 Å². The molecule has 33 heavy (non-hydrogen) atoms. The molecular formula is C26H31N3O3S. The van der Waals surface area contributed by atoms with Gasteiger partial charge in [0.15, 0.2) is 0 Å². The Morgan fingerprint density at radius 2 is 2.06 bits per heavy atom. The highest BCUT2D eigenvalue weighted by molar-refractivity contribution is 7.13. The van der Waals surface area contributed by atoms with Crippen molar-refractivity contribution in [3.05, 3.63) is 51.7 Å². The van der Waals surface area contributed by atoms with Crippen LogP contribution in [-0.4, -0.2) is 55.2 Å². The van der Waals surface area contributed by atoms with E-state index in [1.165, 1.54) is 12.8 Å². The molecule has 7 heteroatoms. The lowest BCUT2D eigenvalue weighted by Gasteiger charge is -2.28. The lowest BCUT2D eigenvalue weighted by molar-refractivity contribution is 0.0511. The molecule has 174 valence electrons. The number of thiophene rings is 1. The number of ether oxygens (including phenoxy) is 2. The van der Waals surface area contributed by atoms with Gasteiger partial charge in [-0.25, -0.2) is 4.98 Å². The van der Waals surface area contributed by atoms with Gasteiger partial charge in [0.2, 0.25) is 0 Å². The van der Waals surface area contributed by atoms with Crippen molar-refractivity contribution >= 4 is 34.0 Å². The summed E-state index contributed by atoms with van der Waals surface area (Å²) in [5.74, 6) is 1.87. The summed E-state index contributed by atoms with van der Waals surface area (Å²) in [7, 11) is 1.68. The van der Waals surface area contributed by atoms with Crippen molar-refractivity contribution in [1.29, 1.82) is 0 Å². The highest BCUT2D eigenvalue weighted by Gasteiger charge is 2.27.